The van der Waals surface area contributed by atoms with E-state index in [1.54, 1.807) is 12.1 Å². The number of nitriles is 1. The van der Waals surface area contributed by atoms with E-state index < -0.39 is 5.30 Å². The Kier molecular flexibility index (Phi) is 7.39. The smallest absolute Gasteiger partial charge is 0.407 e. The molecule has 6 heteroatoms. The van der Waals surface area contributed by atoms with Gasteiger partial charge in [0, 0.05) is 18.0 Å². The minimum absolute atomic E-state index is 0.0222. The summed E-state index contributed by atoms with van der Waals surface area (Å²) in [7, 11) is 2.08. The van der Waals surface area contributed by atoms with Gasteiger partial charge in [0.1, 0.15) is 11.9 Å². The zero-order valence-corrected chi connectivity index (χ0v) is 19.4. The van der Waals surface area contributed by atoms with E-state index in [2.05, 4.69) is 37.1 Å². The van der Waals surface area contributed by atoms with Crippen molar-refractivity contribution in [1.29, 1.82) is 5.26 Å². The number of nitrogens with zero attached hydrogens (tertiary/aromatic N) is 2. The van der Waals surface area contributed by atoms with Gasteiger partial charge in [-0.1, -0.05) is 68.3 Å². The maximum atomic E-state index is 12.8. The van der Waals surface area contributed by atoms with Crippen LogP contribution in [0.25, 0.3) is 0 Å². The molecule has 5 nitrogen and oxygen atoms in total. The molecule has 32 heavy (non-hydrogen) atoms. The number of ether oxygens (including phenoxy) is 1. The third-order valence-electron chi connectivity index (χ3n) is 6.96. The predicted octanol–water partition coefficient (Wildman–Crippen LogP) is 6.04. The van der Waals surface area contributed by atoms with Gasteiger partial charge in [-0.25, -0.2) is 4.79 Å². The number of likely N-dealkylation sites (N-methyl/N-ethyl adjacent to an activating group) is 1. The molecule has 0 spiro atoms. The SMILES string of the molecule is CCCC[C@H]1C2[C@@H](C#N)CC([C@H](OC(=O)SOc3ccccc3)[C@@H]1c1ccccc1)N2C. The van der Waals surface area contributed by atoms with Gasteiger partial charge >= 0.3 is 5.30 Å². The first-order valence-electron chi connectivity index (χ1n) is 11.4. The molecule has 2 heterocycles. The number of hydrogen-bond donors (Lipinski definition) is 0. The van der Waals surface area contributed by atoms with E-state index in [0.29, 0.717) is 5.75 Å². The van der Waals surface area contributed by atoms with Crippen LogP contribution in [0.4, 0.5) is 4.79 Å². The Bertz CT molecular complexity index is 933. The highest BCUT2D eigenvalue weighted by molar-refractivity contribution is 8.09. The summed E-state index contributed by atoms with van der Waals surface area (Å²) in [6, 6.07) is 22.4. The van der Waals surface area contributed by atoms with Crippen molar-refractivity contribution in [1.82, 2.24) is 4.90 Å². The van der Waals surface area contributed by atoms with E-state index in [1.807, 2.05) is 36.4 Å². The number of hydrogen-bond acceptors (Lipinski definition) is 6. The van der Waals surface area contributed by atoms with Crippen LogP contribution in [0.2, 0.25) is 0 Å². The summed E-state index contributed by atoms with van der Waals surface area (Å²) in [5.74, 6) is 0.883. The number of carbonyl (C=O) groups is 1. The van der Waals surface area contributed by atoms with Gasteiger partial charge in [0.05, 0.1) is 12.0 Å². The van der Waals surface area contributed by atoms with E-state index in [1.165, 1.54) is 5.56 Å². The van der Waals surface area contributed by atoms with Gasteiger partial charge in [-0.2, -0.15) is 5.26 Å². The molecule has 2 aromatic carbocycles. The Labute approximate surface area is 194 Å². The number of carbonyl (C=O) groups excluding carboxylic acids is 1. The minimum atomic E-state index is -0.443. The Morgan fingerprint density at radius 2 is 1.84 bits per heavy atom. The number of para-hydroxylation sites is 1. The van der Waals surface area contributed by atoms with Crippen LogP contribution in [-0.2, 0) is 4.74 Å². The number of benzene rings is 2. The maximum Gasteiger partial charge on any atom is 0.407 e. The molecule has 0 amide bonds. The van der Waals surface area contributed by atoms with Crippen LogP contribution in [0.15, 0.2) is 60.7 Å². The van der Waals surface area contributed by atoms with Crippen LogP contribution >= 0.6 is 12.0 Å². The molecule has 2 unspecified atom stereocenters. The quantitative estimate of drug-likeness (QED) is 0.379. The highest BCUT2D eigenvalue weighted by Crippen LogP contribution is 2.51. The van der Waals surface area contributed by atoms with Gasteiger partial charge in [0.2, 0.25) is 0 Å². The van der Waals surface area contributed by atoms with Crippen molar-refractivity contribution in [3.05, 3.63) is 66.2 Å². The van der Waals surface area contributed by atoms with Crippen LogP contribution in [0.1, 0.15) is 44.1 Å². The van der Waals surface area contributed by atoms with Crippen molar-refractivity contribution in [2.45, 2.75) is 56.7 Å². The van der Waals surface area contributed by atoms with Crippen LogP contribution < -0.4 is 4.18 Å². The second-order valence-electron chi connectivity index (χ2n) is 8.75. The van der Waals surface area contributed by atoms with Crippen molar-refractivity contribution in [3.8, 4) is 11.8 Å². The van der Waals surface area contributed by atoms with Crippen molar-refractivity contribution >= 4 is 17.3 Å². The van der Waals surface area contributed by atoms with E-state index in [9.17, 15) is 10.1 Å². The van der Waals surface area contributed by atoms with Crippen molar-refractivity contribution in [2.75, 3.05) is 7.05 Å². The summed E-state index contributed by atoms with van der Waals surface area (Å²) in [4.78, 5) is 15.1. The molecular formula is C26H30N2O3S. The molecule has 6 atom stereocenters. The third kappa shape index (κ3) is 4.65. The Balaban J connectivity index is 1.61. The van der Waals surface area contributed by atoms with Crippen LogP contribution in [0.3, 0.4) is 0 Å². The first-order valence-corrected chi connectivity index (χ1v) is 12.1. The summed E-state index contributed by atoms with van der Waals surface area (Å²) >= 11 is 0.729. The molecular weight excluding hydrogens is 420 g/mol. The lowest BCUT2D eigenvalue weighted by molar-refractivity contribution is -0.0295. The van der Waals surface area contributed by atoms with Crippen LogP contribution in [0.5, 0.6) is 5.75 Å². The Hall–Kier alpha value is -2.49. The molecule has 0 aromatic heterocycles. The summed E-state index contributed by atoms with van der Waals surface area (Å²) in [5, 5.41) is 9.46. The van der Waals surface area contributed by atoms with Crippen molar-refractivity contribution < 1.29 is 13.7 Å². The van der Waals surface area contributed by atoms with Crippen LogP contribution in [0, 0.1) is 23.2 Å². The lowest BCUT2D eigenvalue weighted by Crippen LogP contribution is -2.55. The zero-order chi connectivity index (χ0) is 22.5. The summed E-state index contributed by atoms with van der Waals surface area (Å²) < 4.78 is 11.7. The van der Waals surface area contributed by atoms with Gasteiger partial charge in [0.15, 0.2) is 12.0 Å². The molecule has 0 radical (unpaired) electrons. The molecule has 0 aliphatic carbocycles. The number of fused-ring (bicyclic) bond motifs is 2. The molecule has 0 N–H and O–H groups in total. The van der Waals surface area contributed by atoms with E-state index in [4.69, 9.17) is 8.92 Å². The molecule has 2 aliphatic rings. The molecule has 2 aliphatic heterocycles. The first-order chi connectivity index (χ1) is 15.6. The fraction of sp³-hybridized carbons (Fsp3) is 0.462. The molecule has 2 bridgehead atoms. The second-order valence-corrected chi connectivity index (χ2v) is 9.42. The predicted molar refractivity (Wildman–Crippen MR) is 126 cm³/mol. The number of unbranched alkanes of at least 4 members (excludes halogenated alkanes) is 1. The molecule has 0 saturated carbocycles. The third-order valence-corrected chi connectivity index (χ3v) is 7.47. The van der Waals surface area contributed by atoms with Gasteiger partial charge in [0.25, 0.3) is 0 Å². The molecule has 168 valence electrons. The number of piperidine rings is 1. The van der Waals surface area contributed by atoms with E-state index in [-0.39, 0.29) is 35.9 Å². The standard InChI is InChI=1S/C26H30N2O3S/c1-3-4-15-21-23(18-11-7-5-8-12-18)25(22-16-19(17-27)24(21)28(22)2)30-26(29)32-31-20-13-9-6-10-14-20/h5-14,19,21-25H,3-4,15-16H2,1-2H3/t19-,21-,22?,23-,24?,25+/m1/s1. The van der Waals surface area contributed by atoms with E-state index >= 15 is 0 Å². The number of rotatable bonds is 7. The monoisotopic (exact) mass is 450 g/mol. The van der Waals surface area contributed by atoms with Crippen molar-refractivity contribution in [3.63, 3.8) is 0 Å². The lowest BCUT2D eigenvalue weighted by Gasteiger charge is -2.48. The topological polar surface area (TPSA) is 62.6 Å². The highest BCUT2D eigenvalue weighted by atomic mass is 32.2. The molecule has 2 aromatic rings. The lowest BCUT2D eigenvalue weighted by atomic mass is 9.71. The fourth-order valence-corrected chi connectivity index (χ4v) is 6.03. The average Bonchev–Trinajstić information content (AvgIpc) is 3.08. The van der Waals surface area contributed by atoms with Gasteiger partial charge < -0.3 is 8.92 Å². The molecule has 2 saturated heterocycles. The normalized spacial score (nSPS) is 29.3. The van der Waals surface area contributed by atoms with Crippen molar-refractivity contribution in [2.24, 2.45) is 11.8 Å². The highest BCUT2D eigenvalue weighted by Gasteiger charge is 2.57. The summed E-state index contributed by atoms with van der Waals surface area (Å²) in [6.45, 7) is 2.19. The molecule has 2 fully saturated rings. The largest absolute Gasteiger partial charge is 0.450 e. The average molecular weight is 451 g/mol. The fourth-order valence-electron chi connectivity index (χ4n) is 5.60. The zero-order valence-electron chi connectivity index (χ0n) is 18.6. The molecule has 4 rings (SSSR count). The van der Waals surface area contributed by atoms with Crippen LogP contribution in [-0.4, -0.2) is 35.4 Å². The second kappa shape index (κ2) is 10.4. The minimum Gasteiger partial charge on any atom is -0.450 e. The van der Waals surface area contributed by atoms with Gasteiger partial charge in [-0.05, 0) is 43.5 Å². The summed E-state index contributed by atoms with van der Waals surface area (Å²) in [5.41, 5.74) is 1.18. The first kappa shape index (κ1) is 22.7. The Morgan fingerprint density at radius 1 is 1.16 bits per heavy atom. The van der Waals surface area contributed by atoms with Gasteiger partial charge in [-0.3, -0.25) is 4.90 Å². The maximum absolute atomic E-state index is 12.8. The Morgan fingerprint density at radius 3 is 2.50 bits per heavy atom. The summed E-state index contributed by atoms with van der Waals surface area (Å²) in [6.07, 6.45) is 3.61. The van der Waals surface area contributed by atoms with Gasteiger partial charge in [-0.15, -0.1) is 0 Å². The van der Waals surface area contributed by atoms with E-state index in [0.717, 1.165) is 37.7 Å².